The molecule has 4 nitrogen and oxygen atoms in total. The molecule has 0 spiro atoms. The average Bonchev–Trinajstić information content (AvgIpc) is 3.04. The minimum absolute atomic E-state index is 0.205. The van der Waals surface area contributed by atoms with E-state index >= 15 is 0 Å². The first-order chi connectivity index (χ1) is 10.7. The first kappa shape index (κ1) is 15.1. The second-order valence-corrected chi connectivity index (χ2v) is 5.84. The summed E-state index contributed by atoms with van der Waals surface area (Å²) < 4.78 is 11.0. The van der Waals surface area contributed by atoms with Crippen LogP contribution in [0.4, 0.5) is 0 Å². The molecule has 1 saturated heterocycles. The van der Waals surface area contributed by atoms with E-state index in [0.717, 1.165) is 25.0 Å². The van der Waals surface area contributed by atoms with Crippen LogP contribution in [0.1, 0.15) is 23.4 Å². The predicted molar refractivity (Wildman–Crippen MR) is 85.0 cm³/mol. The lowest BCUT2D eigenvalue weighted by Crippen LogP contribution is -2.33. The van der Waals surface area contributed by atoms with E-state index in [1.54, 1.807) is 18.2 Å². The summed E-state index contributed by atoms with van der Waals surface area (Å²) in [5, 5.41) is 3.50. The molecule has 1 atom stereocenters. The maximum absolute atomic E-state index is 12.1. The Bertz CT molecular complexity index is 647. The van der Waals surface area contributed by atoms with Crippen LogP contribution in [-0.4, -0.2) is 25.7 Å². The van der Waals surface area contributed by atoms with E-state index in [4.69, 9.17) is 20.8 Å². The quantitative estimate of drug-likeness (QED) is 0.933. The van der Waals surface area contributed by atoms with Crippen molar-refractivity contribution >= 4 is 17.5 Å². The van der Waals surface area contributed by atoms with Gasteiger partial charge in [0, 0.05) is 18.7 Å². The van der Waals surface area contributed by atoms with Gasteiger partial charge in [-0.05, 0) is 43.0 Å². The molecule has 1 aromatic carbocycles. The van der Waals surface area contributed by atoms with Crippen molar-refractivity contribution < 1.29 is 13.9 Å². The highest BCUT2D eigenvalue weighted by molar-refractivity contribution is 6.33. The van der Waals surface area contributed by atoms with Gasteiger partial charge in [0.25, 0.3) is 5.91 Å². The number of carbonyl (C=O) groups excluding carboxylic acids is 1. The van der Waals surface area contributed by atoms with Crippen molar-refractivity contribution in [1.82, 2.24) is 5.32 Å². The van der Waals surface area contributed by atoms with Crippen molar-refractivity contribution in [3.8, 4) is 11.3 Å². The third-order valence-electron chi connectivity index (χ3n) is 3.77. The van der Waals surface area contributed by atoms with Gasteiger partial charge in [0.05, 0.1) is 11.6 Å². The highest BCUT2D eigenvalue weighted by Crippen LogP contribution is 2.29. The number of amides is 1. The fraction of sp³-hybridized carbons (Fsp3) is 0.353. The molecule has 1 amide bonds. The first-order valence-electron chi connectivity index (χ1n) is 7.45. The van der Waals surface area contributed by atoms with Gasteiger partial charge in [0.2, 0.25) is 0 Å². The molecule has 1 aliphatic rings. The average molecular weight is 320 g/mol. The maximum atomic E-state index is 12.1. The molecule has 0 bridgehead atoms. The highest BCUT2D eigenvalue weighted by Gasteiger charge is 2.17. The molecule has 3 rings (SSSR count). The van der Waals surface area contributed by atoms with Crippen molar-refractivity contribution in [2.24, 2.45) is 5.92 Å². The largest absolute Gasteiger partial charge is 0.451 e. The Hall–Kier alpha value is -1.78. The van der Waals surface area contributed by atoms with E-state index < -0.39 is 0 Å². The zero-order valence-electron chi connectivity index (χ0n) is 12.2. The fourth-order valence-corrected chi connectivity index (χ4v) is 2.79. The second kappa shape index (κ2) is 6.99. The van der Waals surface area contributed by atoms with Gasteiger partial charge in [0.15, 0.2) is 5.76 Å². The van der Waals surface area contributed by atoms with E-state index in [-0.39, 0.29) is 5.91 Å². The van der Waals surface area contributed by atoms with Crippen LogP contribution in [-0.2, 0) is 4.74 Å². The van der Waals surface area contributed by atoms with Gasteiger partial charge in [-0.3, -0.25) is 4.79 Å². The summed E-state index contributed by atoms with van der Waals surface area (Å²) in [6.45, 7) is 2.15. The summed E-state index contributed by atoms with van der Waals surface area (Å²) in [7, 11) is 0. The monoisotopic (exact) mass is 319 g/mol. The molecule has 2 aromatic rings. The molecule has 0 unspecified atom stereocenters. The lowest BCUT2D eigenvalue weighted by atomic mass is 10.0. The number of carbonyl (C=O) groups is 1. The van der Waals surface area contributed by atoms with Gasteiger partial charge in [-0.25, -0.2) is 0 Å². The zero-order chi connectivity index (χ0) is 15.4. The molecule has 2 heterocycles. The Morgan fingerprint density at radius 1 is 1.27 bits per heavy atom. The molecule has 1 aromatic heterocycles. The number of hydrogen-bond acceptors (Lipinski definition) is 3. The van der Waals surface area contributed by atoms with E-state index in [1.165, 1.54) is 0 Å². The number of nitrogens with one attached hydrogen (secondary N) is 1. The Balaban J connectivity index is 1.63. The molecule has 22 heavy (non-hydrogen) atoms. The molecule has 116 valence electrons. The molecular weight excluding hydrogens is 302 g/mol. The minimum Gasteiger partial charge on any atom is -0.451 e. The number of hydrogen-bond donors (Lipinski definition) is 1. The highest BCUT2D eigenvalue weighted by atomic mass is 35.5. The second-order valence-electron chi connectivity index (χ2n) is 5.44. The third-order valence-corrected chi connectivity index (χ3v) is 4.10. The Morgan fingerprint density at radius 2 is 2.14 bits per heavy atom. The van der Waals surface area contributed by atoms with Gasteiger partial charge in [-0.2, -0.15) is 0 Å². The zero-order valence-corrected chi connectivity index (χ0v) is 12.9. The van der Waals surface area contributed by atoms with Gasteiger partial charge in [-0.1, -0.05) is 23.7 Å². The smallest absolute Gasteiger partial charge is 0.287 e. The van der Waals surface area contributed by atoms with Crippen LogP contribution in [0, 0.1) is 5.92 Å². The van der Waals surface area contributed by atoms with Gasteiger partial charge < -0.3 is 14.5 Å². The Kier molecular flexibility index (Phi) is 4.80. The standard InChI is InChI=1S/C17H18ClNO3/c18-14-6-2-1-5-13(14)15-7-8-16(22-15)17(20)19-10-12-4-3-9-21-11-12/h1-2,5-8,12H,3-4,9-11H2,(H,19,20)/t12-/m0/s1. The first-order valence-corrected chi connectivity index (χ1v) is 7.82. The van der Waals surface area contributed by atoms with E-state index in [9.17, 15) is 4.79 Å². The minimum atomic E-state index is -0.205. The number of furan rings is 1. The maximum Gasteiger partial charge on any atom is 0.287 e. The van der Waals surface area contributed by atoms with Gasteiger partial charge in [0.1, 0.15) is 5.76 Å². The fourth-order valence-electron chi connectivity index (χ4n) is 2.56. The number of halogens is 1. The number of benzene rings is 1. The van der Waals surface area contributed by atoms with Crippen LogP contribution < -0.4 is 5.32 Å². The van der Waals surface area contributed by atoms with E-state index in [2.05, 4.69) is 5.32 Å². The van der Waals surface area contributed by atoms with Crippen molar-refractivity contribution in [3.63, 3.8) is 0 Å². The van der Waals surface area contributed by atoms with Crippen LogP contribution in [0.25, 0.3) is 11.3 Å². The Morgan fingerprint density at radius 3 is 2.91 bits per heavy atom. The molecule has 1 aliphatic heterocycles. The van der Waals surface area contributed by atoms with Crippen LogP contribution in [0.15, 0.2) is 40.8 Å². The molecule has 0 aliphatic carbocycles. The summed E-state index contributed by atoms with van der Waals surface area (Å²) in [5.41, 5.74) is 0.781. The van der Waals surface area contributed by atoms with Crippen LogP contribution in [0.5, 0.6) is 0 Å². The normalized spacial score (nSPS) is 18.1. The SMILES string of the molecule is O=C(NC[C@@H]1CCCOC1)c1ccc(-c2ccccc2Cl)o1. The summed E-state index contributed by atoms with van der Waals surface area (Å²) in [6.07, 6.45) is 2.14. The van der Waals surface area contributed by atoms with Crippen molar-refractivity contribution in [1.29, 1.82) is 0 Å². The molecule has 1 fully saturated rings. The lowest BCUT2D eigenvalue weighted by molar-refractivity contribution is 0.0533. The Labute approximate surface area is 134 Å². The molecule has 1 N–H and O–H groups in total. The van der Waals surface area contributed by atoms with Crippen molar-refractivity contribution in [2.75, 3.05) is 19.8 Å². The summed E-state index contributed by atoms with van der Waals surface area (Å²) in [5.74, 6) is 1.07. The molecule has 0 saturated carbocycles. The summed E-state index contributed by atoms with van der Waals surface area (Å²) in [4.78, 5) is 12.1. The molecule has 0 radical (unpaired) electrons. The number of rotatable bonds is 4. The van der Waals surface area contributed by atoms with Crippen LogP contribution in [0.3, 0.4) is 0 Å². The van der Waals surface area contributed by atoms with Crippen molar-refractivity contribution in [3.05, 3.63) is 47.2 Å². The third kappa shape index (κ3) is 3.51. The van der Waals surface area contributed by atoms with Gasteiger partial charge >= 0.3 is 0 Å². The lowest BCUT2D eigenvalue weighted by Gasteiger charge is -2.21. The van der Waals surface area contributed by atoms with Crippen LogP contribution in [0.2, 0.25) is 5.02 Å². The number of ether oxygens (including phenoxy) is 1. The molecular formula is C17H18ClNO3. The van der Waals surface area contributed by atoms with Gasteiger partial charge in [-0.15, -0.1) is 0 Å². The van der Waals surface area contributed by atoms with E-state index in [1.807, 2.05) is 18.2 Å². The topological polar surface area (TPSA) is 51.5 Å². The summed E-state index contributed by atoms with van der Waals surface area (Å²) in [6, 6.07) is 10.8. The van der Waals surface area contributed by atoms with Crippen LogP contribution >= 0.6 is 11.6 Å². The van der Waals surface area contributed by atoms with E-state index in [0.29, 0.717) is 35.6 Å². The summed E-state index contributed by atoms with van der Waals surface area (Å²) >= 11 is 6.14. The van der Waals surface area contributed by atoms with Crippen molar-refractivity contribution in [2.45, 2.75) is 12.8 Å². The molecule has 5 heteroatoms. The predicted octanol–water partition coefficient (Wildman–Crippen LogP) is 3.76.